The largest absolute Gasteiger partial charge is 0.341 e. The van der Waals surface area contributed by atoms with Crippen LogP contribution in [-0.2, 0) is 0 Å². The van der Waals surface area contributed by atoms with Crippen molar-refractivity contribution in [2.24, 2.45) is 0 Å². The van der Waals surface area contributed by atoms with E-state index in [1.165, 1.54) is 25.0 Å². The topological polar surface area (TPSA) is 40.7 Å². The molecule has 0 spiro atoms. The lowest BCUT2D eigenvalue weighted by Crippen LogP contribution is -2.27. The molecule has 3 rings (SSSR count). The van der Waals surface area contributed by atoms with Gasteiger partial charge in [0.2, 0.25) is 0 Å². The molecule has 1 aliphatic rings. The van der Waals surface area contributed by atoms with Crippen LogP contribution >= 0.6 is 0 Å². The standard InChI is InChI=1S/C12H14FN3/c13-8-4-5-9-11(7-8)16-12(15-9)10-3-1-2-6-14-10/h4-5,7,10,14H,1-3,6H2,(H,15,16). The molecule has 1 saturated heterocycles. The van der Waals surface area contributed by atoms with Crippen LogP contribution in [-0.4, -0.2) is 16.5 Å². The number of imidazole rings is 1. The summed E-state index contributed by atoms with van der Waals surface area (Å²) in [6.07, 6.45) is 3.55. The van der Waals surface area contributed by atoms with Crippen molar-refractivity contribution in [3.8, 4) is 0 Å². The Hall–Kier alpha value is -1.42. The molecule has 0 saturated carbocycles. The van der Waals surface area contributed by atoms with Crippen LogP contribution in [0.4, 0.5) is 4.39 Å². The smallest absolute Gasteiger partial charge is 0.125 e. The highest BCUT2D eigenvalue weighted by Crippen LogP contribution is 2.23. The van der Waals surface area contributed by atoms with Crippen molar-refractivity contribution < 1.29 is 4.39 Å². The van der Waals surface area contributed by atoms with Crippen molar-refractivity contribution in [3.05, 3.63) is 29.8 Å². The van der Waals surface area contributed by atoms with E-state index in [-0.39, 0.29) is 5.82 Å². The molecule has 0 aliphatic carbocycles. The monoisotopic (exact) mass is 219 g/mol. The van der Waals surface area contributed by atoms with E-state index in [0.717, 1.165) is 29.8 Å². The molecule has 1 atom stereocenters. The molecule has 1 aliphatic heterocycles. The second-order valence-corrected chi connectivity index (χ2v) is 4.29. The van der Waals surface area contributed by atoms with Gasteiger partial charge in [-0.1, -0.05) is 6.42 Å². The summed E-state index contributed by atoms with van der Waals surface area (Å²) in [5.41, 5.74) is 1.62. The average Bonchev–Trinajstić information content (AvgIpc) is 2.73. The van der Waals surface area contributed by atoms with E-state index in [1.54, 1.807) is 6.07 Å². The number of aromatic amines is 1. The lowest BCUT2D eigenvalue weighted by atomic mass is 10.0. The molecular formula is C12H14FN3. The van der Waals surface area contributed by atoms with E-state index in [4.69, 9.17) is 0 Å². The van der Waals surface area contributed by atoms with Crippen molar-refractivity contribution >= 4 is 11.0 Å². The van der Waals surface area contributed by atoms with Crippen LogP contribution in [0, 0.1) is 5.82 Å². The Labute approximate surface area is 93.1 Å². The molecule has 0 radical (unpaired) electrons. The van der Waals surface area contributed by atoms with E-state index in [2.05, 4.69) is 15.3 Å². The fourth-order valence-corrected chi connectivity index (χ4v) is 2.25. The molecule has 2 aromatic rings. The first-order valence-corrected chi connectivity index (χ1v) is 5.71. The molecular weight excluding hydrogens is 205 g/mol. The number of nitrogens with one attached hydrogen (secondary N) is 2. The average molecular weight is 219 g/mol. The van der Waals surface area contributed by atoms with Gasteiger partial charge in [0.05, 0.1) is 17.1 Å². The zero-order valence-electron chi connectivity index (χ0n) is 8.96. The van der Waals surface area contributed by atoms with Gasteiger partial charge >= 0.3 is 0 Å². The second-order valence-electron chi connectivity index (χ2n) is 4.29. The molecule has 1 unspecified atom stereocenters. The van der Waals surface area contributed by atoms with Crippen LogP contribution in [0.2, 0.25) is 0 Å². The molecule has 2 heterocycles. The molecule has 16 heavy (non-hydrogen) atoms. The van der Waals surface area contributed by atoms with Gasteiger partial charge < -0.3 is 10.3 Å². The molecule has 2 N–H and O–H groups in total. The molecule has 1 aromatic carbocycles. The Balaban J connectivity index is 1.97. The van der Waals surface area contributed by atoms with E-state index in [0.29, 0.717) is 6.04 Å². The Bertz CT molecular complexity index is 500. The van der Waals surface area contributed by atoms with Gasteiger partial charge in [0.15, 0.2) is 0 Å². The van der Waals surface area contributed by atoms with E-state index < -0.39 is 0 Å². The summed E-state index contributed by atoms with van der Waals surface area (Å²) >= 11 is 0. The Morgan fingerprint density at radius 1 is 1.31 bits per heavy atom. The minimum atomic E-state index is -0.223. The minimum Gasteiger partial charge on any atom is -0.341 e. The van der Waals surface area contributed by atoms with E-state index >= 15 is 0 Å². The number of rotatable bonds is 1. The summed E-state index contributed by atoms with van der Waals surface area (Å²) in [5, 5.41) is 3.42. The van der Waals surface area contributed by atoms with Gasteiger partial charge in [0.25, 0.3) is 0 Å². The number of nitrogens with zero attached hydrogens (tertiary/aromatic N) is 1. The maximum atomic E-state index is 13.0. The first-order chi connectivity index (χ1) is 7.83. The quantitative estimate of drug-likeness (QED) is 0.773. The maximum Gasteiger partial charge on any atom is 0.125 e. The number of piperidine rings is 1. The van der Waals surface area contributed by atoms with Gasteiger partial charge in [-0.2, -0.15) is 0 Å². The summed E-state index contributed by atoms with van der Waals surface area (Å²) in [5.74, 6) is 0.708. The van der Waals surface area contributed by atoms with Crippen LogP contribution in [0.1, 0.15) is 31.1 Å². The van der Waals surface area contributed by atoms with Gasteiger partial charge in [-0.15, -0.1) is 0 Å². The molecule has 0 bridgehead atoms. The number of halogens is 1. The molecule has 0 amide bonds. The molecule has 4 heteroatoms. The minimum absolute atomic E-state index is 0.223. The summed E-state index contributed by atoms with van der Waals surface area (Å²) in [6.45, 7) is 1.04. The second kappa shape index (κ2) is 3.87. The summed E-state index contributed by atoms with van der Waals surface area (Å²) < 4.78 is 13.0. The highest BCUT2D eigenvalue weighted by molar-refractivity contribution is 5.75. The number of hydrogen-bond donors (Lipinski definition) is 2. The van der Waals surface area contributed by atoms with Crippen LogP contribution in [0.25, 0.3) is 11.0 Å². The number of H-pyrrole nitrogens is 1. The first-order valence-electron chi connectivity index (χ1n) is 5.71. The highest BCUT2D eigenvalue weighted by atomic mass is 19.1. The Morgan fingerprint density at radius 2 is 2.25 bits per heavy atom. The normalized spacial score (nSPS) is 21.4. The van der Waals surface area contributed by atoms with Crippen LogP contribution < -0.4 is 5.32 Å². The Kier molecular flexibility index (Phi) is 2.36. The number of fused-ring (bicyclic) bond motifs is 1. The van der Waals surface area contributed by atoms with Crippen molar-refractivity contribution in [1.29, 1.82) is 0 Å². The molecule has 84 valence electrons. The van der Waals surface area contributed by atoms with Crippen LogP contribution in [0.3, 0.4) is 0 Å². The van der Waals surface area contributed by atoms with E-state index in [9.17, 15) is 4.39 Å². The summed E-state index contributed by atoms with van der Waals surface area (Å²) in [4.78, 5) is 7.69. The van der Waals surface area contributed by atoms with Crippen molar-refractivity contribution in [2.75, 3.05) is 6.54 Å². The lowest BCUT2D eigenvalue weighted by molar-refractivity contribution is 0.400. The fraction of sp³-hybridized carbons (Fsp3) is 0.417. The zero-order valence-corrected chi connectivity index (χ0v) is 8.96. The zero-order chi connectivity index (χ0) is 11.0. The predicted molar refractivity (Wildman–Crippen MR) is 60.6 cm³/mol. The third-order valence-corrected chi connectivity index (χ3v) is 3.10. The third-order valence-electron chi connectivity index (χ3n) is 3.10. The van der Waals surface area contributed by atoms with Crippen molar-refractivity contribution in [1.82, 2.24) is 15.3 Å². The molecule has 3 nitrogen and oxygen atoms in total. The fourth-order valence-electron chi connectivity index (χ4n) is 2.25. The number of benzene rings is 1. The van der Waals surface area contributed by atoms with Gasteiger partial charge in [-0.3, -0.25) is 0 Å². The third kappa shape index (κ3) is 1.69. The maximum absolute atomic E-state index is 13.0. The summed E-state index contributed by atoms with van der Waals surface area (Å²) in [7, 11) is 0. The highest BCUT2D eigenvalue weighted by Gasteiger charge is 2.17. The van der Waals surface area contributed by atoms with E-state index in [1.807, 2.05) is 0 Å². The number of aromatic nitrogens is 2. The van der Waals surface area contributed by atoms with Gasteiger partial charge in [0.1, 0.15) is 11.6 Å². The summed E-state index contributed by atoms with van der Waals surface area (Å²) in [6, 6.07) is 4.95. The van der Waals surface area contributed by atoms with Crippen molar-refractivity contribution in [3.63, 3.8) is 0 Å². The van der Waals surface area contributed by atoms with Gasteiger partial charge in [-0.25, -0.2) is 9.37 Å². The van der Waals surface area contributed by atoms with Gasteiger partial charge in [-0.05, 0) is 37.6 Å². The van der Waals surface area contributed by atoms with Crippen LogP contribution in [0.15, 0.2) is 18.2 Å². The van der Waals surface area contributed by atoms with Crippen molar-refractivity contribution in [2.45, 2.75) is 25.3 Å². The molecule has 1 fully saturated rings. The predicted octanol–water partition coefficient (Wildman–Crippen LogP) is 2.52. The van der Waals surface area contributed by atoms with Crippen LogP contribution in [0.5, 0.6) is 0 Å². The SMILES string of the molecule is Fc1ccc2nc(C3CCCCN3)[nH]c2c1. The number of hydrogen-bond acceptors (Lipinski definition) is 2. The lowest BCUT2D eigenvalue weighted by Gasteiger charge is -2.21. The van der Waals surface area contributed by atoms with Gasteiger partial charge in [0, 0.05) is 0 Å². The first kappa shape index (κ1) is 9.78. The Morgan fingerprint density at radius 3 is 3.06 bits per heavy atom. The molecule has 1 aromatic heterocycles.